The largest absolute Gasteiger partial charge is 0.348 e. The third kappa shape index (κ3) is 0.926. The minimum atomic E-state index is 0.669. The summed E-state index contributed by atoms with van der Waals surface area (Å²) in [5.41, 5.74) is 1.27. The van der Waals surface area contributed by atoms with Crippen molar-refractivity contribution in [2.75, 3.05) is 13.1 Å². The second kappa shape index (κ2) is 2.42. The van der Waals surface area contributed by atoms with Crippen LogP contribution in [0.5, 0.6) is 0 Å². The van der Waals surface area contributed by atoms with Crippen molar-refractivity contribution in [3.05, 3.63) is 18.2 Å². The quantitative estimate of drug-likeness (QED) is 0.591. The van der Waals surface area contributed by atoms with Crippen molar-refractivity contribution in [2.45, 2.75) is 12.3 Å². The van der Waals surface area contributed by atoms with Gasteiger partial charge in [0, 0.05) is 24.4 Å². The summed E-state index contributed by atoms with van der Waals surface area (Å²) in [6.45, 7) is 2.24. The highest BCUT2D eigenvalue weighted by molar-refractivity contribution is 5.06. The number of nitrogens with zero attached hydrogens (tertiary/aromatic N) is 1. The molecule has 1 atom stereocenters. The van der Waals surface area contributed by atoms with Crippen molar-refractivity contribution in [1.29, 1.82) is 0 Å². The second-order valence-corrected chi connectivity index (χ2v) is 2.70. The van der Waals surface area contributed by atoms with Crippen LogP contribution in [0.3, 0.4) is 0 Å². The van der Waals surface area contributed by atoms with Crippen molar-refractivity contribution < 1.29 is 0 Å². The van der Waals surface area contributed by atoms with Gasteiger partial charge in [0.05, 0.1) is 6.33 Å². The molecule has 1 saturated heterocycles. The fraction of sp³-hybridized carbons (Fsp3) is 0.571. The molecule has 1 fully saturated rings. The topological polar surface area (TPSA) is 40.7 Å². The van der Waals surface area contributed by atoms with E-state index in [1.807, 2.05) is 6.20 Å². The summed E-state index contributed by atoms with van der Waals surface area (Å²) in [7, 11) is 0. The van der Waals surface area contributed by atoms with Gasteiger partial charge in [-0.25, -0.2) is 4.98 Å². The van der Waals surface area contributed by atoms with Gasteiger partial charge in [0.25, 0.3) is 0 Å². The Kier molecular flexibility index (Phi) is 1.43. The van der Waals surface area contributed by atoms with Crippen LogP contribution in [0.4, 0.5) is 0 Å². The maximum absolute atomic E-state index is 3.98. The highest BCUT2D eigenvalue weighted by Crippen LogP contribution is 2.18. The fourth-order valence-electron chi connectivity index (χ4n) is 1.41. The van der Waals surface area contributed by atoms with E-state index < -0.39 is 0 Å². The Balaban J connectivity index is 2.12. The van der Waals surface area contributed by atoms with Gasteiger partial charge in [-0.15, -0.1) is 0 Å². The van der Waals surface area contributed by atoms with E-state index in [0.29, 0.717) is 5.92 Å². The van der Waals surface area contributed by atoms with Crippen LogP contribution in [0.25, 0.3) is 0 Å². The molecule has 3 nitrogen and oxygen atoms in total. The zero-order valence-corrected chi connectivity index (χ0v) is 5.80. The predicted octanol–water partition coefficient (Wildman–Crippen LogP) is 0.487. The molecule has 3 heteroatoms. The molecule has 0 aromatic carbocycles. The first-order chi connectivity index (χ1) is 4.97. The SMILES string of the molecule is c1ncc([C@H]2CCNC2)[nH]1. The Hall–Kier alpha value is -0.830. The molecular formula is C7H11N3. The summed E-state index contributed by atoms with van der Waals surface area (Å²) in [6.07, 6.45) is 4.90. The molecule has 2 rings (SSSR count). The lowest BCUT2D eigenvalue weighted by atomic mass is 10.1. The number of hydrogen-bond donors (Lipinski definition) is 2. The van der Waals surface area contributed by atoms with E-state index >= 15 is 0 Å². The normalized spacial score (nSPS) is 25.4. The molecule has 2 heterocycles. The molecule has 10 heavy (non-hydrogen) atoms. The summed E-state index contributed by atoms with van der Waals surface area (Å²) >= 11 is 0. The first-order valence-corrected chi connectivity index (χ1v) is 3.66. The summed E-state index contributed by atoms with van der Waals surface area (Å²) < 4.78 is 0. The molecule has 1 aromatic heterocycles. The van der Waals surface area contributed by atoms with E-state index in [4.69, 9.17) is 0 Å². The van der Waals surface area contributed by atoms with Gasteiger partial charge in [0.2, 0.25) is 0 Å². The Morgan fingerprint density at radius 1 is 1.60 bits per heavy atom. The lowest BCUT2D eigenvalue weighted by Crippen LogP contribution is -2.07. The maximum atomic E-state index is 3.98. The van der Waals surface area contributed by atoms with E-state index in [2.05, 4.69) is 15.3 Å². The van der Waals surface area contributed by atoms with E-state index in [1.165, 1.54) is 12.1 Å². The van der Waals surface area contributed by atoms with Gasteiger partial charge in [0.15, 0.2) is 0 Å². The molecule has 1 aromatic rings. The number of aromatic amines is 1. The van der Waals surface area contributed by atoms with Gasteiger partial charge in [-0.2, -0.15) is 0 Å². The molecule has 0 amide bonds. The minimum Gasteiger partial charge on any atom is -0.348 e. The number of imidazole rings is 1. The van der Waals surface area contributed by atoms with Crippen LogP contribution in [0.2, 0.25) is 0 Å². The maximum Gasteiger partial charge on any atom is 0.0921 e. The molecule has 0 aliphatic carbocycles. The summed E-state index contributed by atoms with van der Waals surface area (Å²) in [6, 6.07) is 0. The van der Waals surface area contributed by atoms with Crippen LogP contribution in [0, 0.1) is 0 Å². The van der Waals surface area contributed by atoms with E-state index in [9.17, 15) is 0 Å². The molecule has 54 valence electrons. The molecule has 0 saturated carbocycles. The third-order valence-corrected chi connectivity index (χ3v) is 2.02. The molecule has 2 N–H and O–H groups in total. The van der Waals surface area contributed by atoms with Crippen LogP contribution in [0.1, 0.15) is 18.0 Å². The van der Waals surface area contributed by atoms with Crippen molar-refractivity contribution in [3.63, 3.8) is 0 Å². The molecule has 1 aliphatic rings. The zero-order valence-electron chi connectivity index (χ0n) is 5.80. The summed E-state index contributed by atoms with van der Waals surface area (Å²) in [5.74, 6) is 0.669. The Bertz CT molecular complexity index is 187. The highest BCUT2D eigenvalue weighted by atomic mass is 14.9. The Labute approximate surface area is 59.9 Å². The third-order valence-electron chi connectivity index (χ3n) is 2.02. The number of nitrogens with one attached hydrogen (secondary N) is 2. The van der Waals surface area contributed by atoms with Gasteiger partial charge in [-0.3, -0.25) is 0 Å². The first-order valence-electron chi connectivity index (χ1n) is 3.66. The van der Waals surface area contributed by atoms with Crippen molar-refractivity contribution >= 4 is 0 Å². The average molecular weight is 137 g/mol. The lowest BCUT2D eigenvalue weighted by molar-refractivity contribution is 0.741. The standard InChI is InChI=1S/C7H11N3/c1-2-8-3-6(1)7-4-9-5-10-7/h4-6,8H,1-3H2,(H,9,10)/t6-/m0/s1. The summed E-state index contributed by atoms with van der Waals surface area (Å²) in [4.78, 5) is 7.11. The fourth-order valence-corrected chi connectivity index (χ4v) is 1.41. The van der Waals surface area contributed by atoms with Crippen LogP contribution in [-0.2, 0) is 0 Å². The number of H-pyrrole nitrogens is 1. The minimum absolute atomic E-state index is 0.669. The Morgan fingerprint density at radius 2 is 2.60 bits per heavy atom. The predicted molar refractivity (Wildman–Crippen MR) is 38.8 cm³/mol. The average Bonchev–Trinajstić information content (AvgIpc) is 2.59. The van der Waals surface area contributed by atoms with Crippen molar-refractivity contribution in [3.8, 4) is 0 Å². The molecule has 1 aliphatic heterocycles. The van der Waals surface area contributed by atoms with Crippen LogP contribution in [-0.4, -0.2) is 23.1 Å². The van der Waals surface area contributed by atoms with E-state index in [1.54, 1.807) is 6.33 Å². The number of hydrogen-bond acceptors (Lipinski definition) is 2. The van der Waals surface area contributed by atoms with Gasteiger partial charge < -0.3 is 10.3 Å². The van der Waals surface area contributed by atoms with Gasteiger partial charge in [-0.1, -0.05) is 0 Å². The summed E-state index contributed by atoms with van der Waals surface area (Å²) in [5, 5.41) is 3.31. The van der Waals surface area contributed by atoms with E-state index in [0.717, 1.165) is 13.1 Å². The van der Waals surface area contributed by atoms with Gasteiger partial charge in [-0.05, 0) is 13.0 Å². The lowest BCUT2D eigenvalue weighted by Gasteiger charge is -2.02. The second-order valence-electron chi connectivity index (χ2n) is 2.70. The molecule has 0 radical (unpaired) electrons. The van der Waals surface area contributed by atoms with Gasteiger partial charge >= 0.3 is 0 Å². The van der Waals surface area contributed by atoms with Crippen molar-refractivity contribution in [2.24, 2.45) is 0 Å². The van der Waals surface area contributed by atoms with E-state index in [-0.39, 0.29) is 0 Å². The monoisotopic (exact) mass is 137 g/mol. The number of aromatic nitrogens is 2. The molecule has 0 unspecified atom stereocenters. The molecular weight excluding hydrogens is 126 g/mol. The van der Waals surface area contributed by atoms with Crippen LogP contribution in [0.15, 0.2) is 12.5 Å². The smallest absolute Gasteiger partial charge is 0.0921 e. The first kappa shape index (κ1) is 5.92. The number of rotatable bonds is 1. The molecule has 0 bridgehead atoms. The molecule has 0 spiro atoms. The van der Waals surface area contributed by atoms with Gasteiger partial charge in [0.1, 0.15) is 0 Å². The van der Waals surface area contributed by atoms with Crippen molar-refractivity contribution in [1.82, 2.24) is 15.3 Å². The highest BCUT2D eigenvalue weighted by Gasteiger charge is 2.16. The Morgan fingerprint density at radius 3 is 3.20 bits per heavy atom. The zero-order chi connectivity index (χ0) is 6.81. The van der Waals surface area contributed by atoms with Crippen LogP contribution < -0.4 is 5.32 Å². The van der Waals surface area contributed by atoms with Crippen LogP contribution >= 0.6 is 0 Å².